The van der Waals surface area contributed by atoms with Crippen LogP contribution in [0, 0.1) is 0 Å². The first-order chi connectivity index (χ1) is 5.72. The number of rotatable bonds is 3. The lowest BCUT2D eigenvalue weighted by atomic mass is 10.1. The first-order valence-electron chi connectivity index (χ1n) is 3.53. The molecular weight excluding hydrogens is 211 g/mol. The molecule has 0 atom stereocenters. The van der Waals surface area contributed by atoms with E-state index < -0.39 is 0 Å². The van der Waals surface area contributed by atoms with E-state index in [0.29, 0.717) is 0 Å². The number of ether oxygens (including phenoxy) is 1. The van der Waals surface area contributed by atoms with E-state index in [-0.39, 0.29) is 24.1 Å². The summed E-state index contributed by atoms with van der Waals surface area (Å²) in [6.45, 7) is 0. The number of benzene rings is 1. The fourth-order valence-electron chi connectivity index (χ4n) is 0.943. The Kier molecular flexibility index (Phi) is 5.51. The van der Waals surface area contributed by atoms with E-state index in [4.69, 9.17) is 16.3 Å². The van der Waals surface area contributed by atoms with Crippen LogP contribution in [0.25, 0.3) is 0 Å². The second kappa shape index (κ2) is 5.84. The summed E-state index contributed by atoms with van der Waals surface area (Å²) in [4.78, 5) is 10.5. The molecule has 0 saturated heterocycles. The van der Waals surface area contributed by atoms with Crippen molar-refractivity contribution in [2.75, 3.05) is 7.11 Å². The zero-order valence-corrected chi connectivity index (χ0v) is 8.69. The van der Waals surface area contributed by atoms with Crippen LogP contribution < -0.4 is 4.74 Å². The molecule has 0 spiro atoms. The normalized spacial score (nSPS) is 8.77. The van der Waals surface area contributed by atoms with Gasteiger partial charge in [-0.3, -0.25) is 4.79 Å². The maximum Gasteiger partial charge on any atom is 0.226 e. The van der Waals surface area contributed by atoms with Crippen molar-refractivity contribution in [1.82, 2.24) is 0 Å². The van der Waals surface area contributed by atoms with Crippen molar-refractivity contribution in [3.63, 3.8) is 0 Å². The molecule has 0 bridgehead atoms. The highest BCUT2D eigenvalue weighted by atomic mass is 35.5. The number of carbonyl (C=O) groups excluding carboxylic acids is 1. The lowest BCUT2D eigenvalue weighted by Gasteiger charge is -2.00. The zero-order valence-electron chi connectivity index (χ0n) is 7.12. The topological polar surface area (TPSA) is 26.3 Å². The third-order valence-corrected chi connectivity index (χ3v) is 1.61. The van der Waals surface area contributed by atoms with E-state index in [1.54, 1.807) is 13.2 Å². The van der Waals surface area contributed by atoms with Crippen LogP contribution in [0.15, 0.2) is 24.3 Å². The van der Waals surface area contributed by atoms with Crippen LogP contribution in [0.1, 0.15) is 5.56 Å². The lowest BCUT2D eigenvalue weighted by molar-refractivity contribution is -0.111. The summed E-state index contributed by atoms with van der Waals surface area (Å²) in [5, 5.41) is -0.358. The summed E-state index contributed by atoms with van der Waals surface area (Å²) < 4.78 is 4.98. The minimum absolute atomic E-state index is 0. The molecular formula is C9H10Cl2O2. The van der Waals surface area contributed by atoms with Crippen LogP contribution in [0.2, 0.25) is 0 Å². The standard InChI is InChI=1S/C9H9ClO2.ClH/c1-12-8-4-2-3-7(5-8)6-9(10)11;/h2-5H,6H2,1H3;1H. The molecule has 2 nitrogen and oxygen atoms in total. The molecule has 0 aliphatic heterocycles. The lowest BCUT2D eigenvalue weighted by Crippen LogP contribution is -1.93. The molecule has 0 N–H and O–H groups in total. The Morgan fingerprint density at radius 2 is 2.23 bits per heavy atom. The van der Waals surface area contributed by atoms with Crippen molar-refractivity contribution >= 4 is 29.3 Å². The van der Waals surface area contributed by atoms with Crippen molar-refractivity contribution in [1.29, 1.82) is 0 Å². The highest BCUT2D eigenvalue weighted by Crippen LogP contribution is 2.13. The molecule has 0 unspecified atom stereocenters. The van der Waals surface area contributed by atoms with E-state index in [1.165, 1.54) is 0 Å². The van der Waals surface area contributed by atoms with Crippen molar-refractivity contribution in [3.05, 3.63) is 29.8 Å². The second-order valence-electron chi connectivity index (χ2n) is 2.38. The fraction of sp³-hybridized carbons (Fsp3) is 0.222. The Labute approximate surface area is 88.3 Å². The second-order valence-corrected chi connectivity index (χ2v) is 2.80. The molecule has 4 heteroatoms. The van der Waals surface area contributed by atoms with E-state index in [1.807, 2.05) is 18.2 Å². The van der Waals surface area contributed by atoms with Crippen molar-refractivity contribution in [3.8, 4) is 5.75 Å². The van der Waals surface area contributed by atoms with Gasteiger partial charge in [-0.2, -0.15) is 0 Å². The third-order valence-electron chi connectivity index (χ3n) is 1.48. The Morgan fingerprint density at radius 3 is 2.77 bits per heavy atom. The fourth-order valence-corrected chi connectivity index (χ4v) is 1.10. The Hall–Kier alpha value is -0.730. The van der Waals surface area contributed by atoms with Crippen LogP contribution in [0.3, 0.4) is 0 Å². The number of halogens is 2. The summed E-state index contributed by atoms with van der Waals surface area (Å²) in [6.07, 6.45) is 0.249. The van der Waals surface area contributed by atoms with Gasteiger partial charge in [0.1, 0.15) is 5.75 Å². The molecule has 1 rings (SSSR count). The van der Waals surface area contributed by atoms with Gasteiger partial charge in [-0.15, -0.1) is 12.4 Å². The molecule has 0 fully saturated rings. The van der Waals surface area contributed by atoms with Gasteiger partial charge in [0.05, 0.1) is 7.11 Å². The first kappa shape index (κ1) is 12.3. The van der Waals surface area contributed by atoms with Crippen molar-refractivity contribution < 1.29 is 9.53 Å². The largest absolute Gasteiger partial charge is 0.497 e. The molecule has 1 aromatic carbocycles. The van der Waals surface area contributed by atoms with Crippen LogP contribution in [-0.4, -0.2) is 12.4 Å². The van der Waals surface area contributed by atoms with Gasteiger partial charge in [0.15, 0.2) is 0 Å². The van der Waals surface area contributed by atoms with Crippen LogP contribution in [0.5, 0.6) is 5.75 Å². The molecule has 0 aromatic heterocycles. The van der Waals surface area contributed by atoms with E-state index >= 15 is 0 Å². The van der Waals surface area contributed by atoms with Gasteiger partial charge in [-0.1, -0.05) is 12.1 Å². The van der Waals surface area contributed by atoms with Gasteiger partial charge in [0.2, 0.25) is 5.24 Å². The van der Waals surface area contributed by atoms with Gasteiger partial charge >= 0.3 is 0 Å². The quantitative estimate of drug-likeness (QED) is 0.732. The maximum atomic E-state index is 10.5. The Balaban J connectivity index is 0.00000144. The van der Waals surface area contributed by atoms with E-state index in [9.17, 15) is 4.79 Å². The maximum absolute atomic E-state index is 10.5. The number of hydrogen-bond donors (Lipinski definition) is 0. The van der Waals surface area contributed by atoms with Gasteiger partial charge in [-0.25, -0.2) is 0 Å². The van der Waals surface area contributed by atoms with Crippen LogP contribution in [0.4, 0.5) is 0 Å². The Bertz CT molecular complexity index is 287. The molecule has 0 aliphatic rings. The summed E-state index contributed by atoms with van der Waals surface area (Å²) >= 11 is 5.23. The third kappa shape index (κ3) is 4.15. The predicted molar refractivity (Wildman–Crippen MR) is 54.8 cm³/mol. The number of methoxy groups -OCH3 is 1. The number of hydrogen-bond acceptors (Lipinski definition) is 2. The minimum Gasteiger partial charge on any atom is -0.497 e. The number of carbonyl (C=O) groups is 1. The highest BCUT2D eigenvalue weighted by molar-refractivity contribution is 6.63. The summed E-state index contributed by atoms with van der Waals surface area (Å²) in [7, 11) is 1.58. The van der Waals surface area contributed by atoms with Gasteiger partial charge in [0, 0.05) is 6.42 Å². The zero-order chi connectivity index (χ0) is 8.97. The monoisotopic (exact) mass is 220 g/mol. The molecule has 0 heterocycles. The van der Waals surface area contributed by atoms with Crippen molar-refractivity contribution in [2.24, 2.45) is 0 Å². The van der Waals surface area contributed by atoms with Crippen LogP contribution in [-0.2, 0) is 11.2 Å². The SMILES string of the molecule is COc1cccc(CC(=O)Cl)c1.Cl. The predicted octanol–water partition coefficient (Wildman–Crippen LogP) is 2.42. The first-order valence-corrected chi connectivity index (χ1v) is 3.91. The van der Waals surface area contributed by atoms with Crippen LogP contribution >= 0.6 is 24.0 Å². The molecule has 0 saturated carbocycles. The average Bonchev–Trinajstić information content (AvgIpc) is 2.03. The van der Waals surface area contributed by atoms with Crippen molar-refractivity contribution in [2.45, 2.75) is 6.42 Å². The molecule has 1 aromatic rings. The van der Waals surface area contributed by atoms with E-state index in [0.717, 1.165) is 11.3 Å². The summed E-state index contributed by atoms with van der Waals surface area (Å²) in [5.41, 5.74) is 0.870. The summed E-state index contributed by atoms with van der Waals surface area (Å²) in [6, 6.07) is 7.28. The summed E-state index contributed by atoms with van der Waals surface area (Å²) in [5.74, 6) is 0.741. The van der Waals surface area contributed by atoms with Gasteiger partial charge in [0.25, 0.3) is 0 Å². The highest BCUT2D eigenvalue weighted by Gasteiger charge is 1.99. The smallest absolute Gasteiger partial charge is 0.226 e. The van der Waals surface area contributed by atoms with E-state index in [2.05, 4.69) is 0 Å². The van der Waals surface area contributed by atoms with Gasteiger partial charge < -0.3 is 4.74 Å². The average molecular weight is 221 g/mol. The molecule has 0 aliphatic carbocycles. The molecule has 72 valence electrons. The Morgan fingerprint density at radius 1 is 1.54 bits per heavy atom. The molecule has 0 amide bonds. The minimum atomic E-state index is -0.358. The van der Waals surface area contributed by atoms with Gasteiger partial charge in [-0.05, 0) is 29.3 Å². The molecule has 13 heavy (non-hydrogen) atoms. The molecule has 0 radical (unpaired) electrons.